The van der Waals surface area contributed by atoms with Gasteiger partial charge < -0.3 is 0 Å². The van der Waals surface area contributed by atoms with Gasteiger partial charge in [-0.25, -0.2) is 0 Å². The van der Waals surface area contributed by atoms with Gasteiger partial charge in [-0.1, -0.05) is 6.32 Å². The fourth-order valence-electron chi connectivity index (χ4n) is 0.770. The minimum absolute atomic E-state index is 0.148. The van der Waals surface area contributed by atoms with Crippen LogP contribution in [0.1, 0.15) is 0 Å². The van der Waals surface area contributed by atoms with Crippen LogP contribution in [0.3, 0.4) is 0 Å². The fraction of sp³-hybridized carbons (Fsp3) is 0.600. The Bertz CT molecular complexity index is 107. The molecule has 0 spiro atoms. The molecule has 0 heterocycles. The summed E-state index contributed by atoms with van der Waals surface area (Å²) in [6.07, 6.45) is 1.46. The van der Waals surface area contributed by atoms with E-state index in [4.69, 9.17) is 31.4 Å². The molecular formula is C5H7B5. The average Bonchev–Trinajstić information content (AvgIpc) is 2.00. The van der Waals surface area contributed by atoms with Gasteiger partial charge >= 0.3 is 0 Å². The molecule has 0 aromatic heterocycles. The summed E-state index contributed by atoms with van der Waals surface area (Å²) in [4.78, 5) is 0. The van der Waals surface area contributed by atoms with Crippen molar-refractivity contribution in [1.82, 2.24) is 0 Å². The van der Waals surface area contributed by atoms with Gasteiger partial charge in [0.05, 0.1) is 23.5 Å². The summed E-state index contributed by atoms with van der Waals surface area (Å²) < 4.78 is 0. The van der Waals surface area contributed by atoms with E-state index in [2.05, 4.69) is 0 Å². The van der Waals surface area contributed by atoms with Crippen LogP contribution in [0.25, 0.3) is 0 Å². The molecule has 0 rings (SSSR count). The van der Waals surface area contributed by atoms with E-state index in [1.165, 1.54) is 5.98 Å². The first-order valence-electron chi connectivity index (χ1n) is 3.31. The van der Waals surface area contributed by atoms with Crippen LogP contribution in [0.2, 0.25) is 18.8 Å². The van der Waals surface area contributed by atoms with Crippen molar-refractivity contribution in [2.75, 3.05) is 0 Å². The number of hydrogen-bond donors (Lipinski definition) is 0. The Hall–Kier alpha value is 0.0647. The molecule has 0 nitrogen and oxygen atoms in total. The van der Waals surface area contributed by atoms with E-state index >= 15 is 0 Å². The van der Waals surface area contributed by atoms with Crippen molar-refractivity contribution in [3.8, 4) is 0 Å². The van der Waals surface area contributed by atoms with Crippen molar-refractivity contribution < 1.29 is 0 Å². The molecule has 0 aromatic carbocycles. The topological polar surface area (TPSA) is 0 Å². The van der Waals surface area contributed by atoms with Crippen molar-refractivity contribution >= 4 is 38.1 Å². The van der Waals surface area contributed by atoms with Gasteiger partial charge in [0.15, 0.2) is 6.71 Å². The highest BCUT2D eigenvalue weighted by Gasteiger charge is 2.09. The highest BCUT2D eigenvalue weighted by atomic mass is 13.8. The van der Waals surface area contributed by atoms with Crippen LogP contribution in [-0.4, -0.2) is 38.1 Å². The highest BCUT2D eigenvalue weighted by Crippen LogP contribution is 2.09. The van der Waals surface area contributed by atoms with Crippen LogP contribution in [0.4, 0.5) is 0 Å². The van der Waals surface area contributed by atoms with E-state index in [-0.39, 0.29) is 6.71 Å². The van der Waals surface area contributed by atoms with Crippen molar-refractivity contribution in [1.29, 1.82) is 0 Å². The van der Waals surface area contributed by atoms with Crippen LogP contribution in [0.15, 0.2) is 11.4 Å². The van der Waals surface area contributed by atoms with Gasteiger partial charge in [0.1, 0.15) is 7.85 Å². The molecule has 0 saturated heterocycles. The number of hydrogen-bond acceptors (Lipinski definition) is 0. The van der Waals surface area contributed by atoms with Crippen LogP contribution < -0.4 is 0 Å². The van der Waals surface area contributed by atoms with Gasteiger partial charge in [-0.3, -0.25) is 0 Å². The van der Waals surface area contributed by atoms with Crippen LogP contribution >= 0.6 is 0 Å². The Morgan fingerprint density at radius 2 is 1.70 bits per heavy atom. The average molecular weight is 121 g/mol. The Kier molecular flexibility index (Phi) is 5.86. The van der Waals surface area contributed by atoms with Gasteiger partial charge in [0.25, 0.3) is 0 Å². The van der Waals surface area contributed by atoms with E-state index in [0.29, 0.717) is 18.8 Å². The molecule has 0 aliphatic heterocycles. The highest BCUT2D eigenvalue weighted by molar-refractivity contribution is 6.77. The molecular weight excluding hydrogens is 114 g/mol. The number of rotatable bonds is 4. The van der Waals surface area contributed by atoms with Crippen molar-refractivity contribution in [3.63, 3.8) is 0 Å². The van der Waals surface area contributed by atoms with Crippen molar-refractivity contribution in [2.45, 2.75) is 18.8 Å². The molecule has 0 N–H and O–H groups in total. The Labute approximate surface area is 68.9 Å². The zero-order chi connectivity index (χ0) is 7.98. The van der Waals surface area contributed by atoms with E-state index in [9.17, 15) is 0 Å². The van der Waals surface area contributed by atoms with Gasteiger partial charge in [0.2, 0.25) is 0 Å². The van der Waals surface area contributed by atoms with E-state index in [1.54, 1.807) is 0 Å². The first kappa shape index (κ1) is 10.1. The zero-order valence-corrected chi connectivity index (χ0v) is 6.09. The molecule has 8 radical (unpaired) electrons. The second kappa shape index (κ2) is 5.82. The monoisotopic (exact) mass is 122 g/mol. The zero-order valence-electron chi connectivity index (χ0n) is 6.09. The second-order valence-corrected chi connectivity index (χ2v) is 2.11. The minimum Gasteiger partial charge on any atom is -0.142 e. The van der Waals surface area contributed by atoms with Crippen molar-refractivity contribution in [2.24, 2.45) is 0 Å². The molecule has 0 aromatic rings. The lowest BCUT2D eigenvalue weighted by molar-refractivity contribution is 1.57. The molecule has 0 saturated carbocycles. The van der Waals surface area contributed by atoms with E-state index in [0.717, 1.165) is 5.47 Å². The summed E-state index contributed by atoms with van der Waals surface area (Å²) in [6.45, 7) is 0.148. The van der Waals surface area contributed by atoms with E-state index < -0.39 is 0 Å². The van der Waals surface area contributed by atoms with Crippen molar-refractivity contribution in [3.05, 3.63) is 11.4 Å². The van der Waals surface area contributed by atoms with Gasteiger partial charge in [-0.2, -0.15) is 0 Å². The Morgan fingerprint density at radius 3 is 1.80 bits per heavy atom. The quantitative estimate of drug-likeness (QED) is 0.456. The third kappa shape index (κ3) is 2.77. The van der Waals surface area contributed by atoms with Crippen LogP contribution in [0.5, 0.6) is 0 Å². The lowest BCUT2D eigenvalue weighted by Crippen LogP contribution is -2.16. The van der Waals surface area contributed by atoms with E-state index in [1.807, 2.05) is 0 Å². The normalized spacial score (nSPS) is 11.4. The Morgan fingerprint density at radius 1 is 1.20 bits per heavy atom. The molecule has 0 atom stereocenters. The third-order valence-electron chi connectivity index (χ3n) is 1.54. The molecule has 42 valence electrons. The predicted molar refractivity (Wildman–Crippen MR) is 51.3 cm³/mol. The summed E-state index contributed by atoms with van der Waals surface area (Å²) in [5, 5.41) is 0. The Balaban J connectivity index is 3.97. The summed E-state index contributed by atoms with van der Waals surface area (Å²) in [5.41, 5.74) is 0.935. The molecule has 0 amide bonds. The maximum atomic E-state index is 5.40. The smallest absolute Gasteiger partial charge is 0.142 e. The van der Waals surface area contributed by atoms with Gasteiger partial charge in [-0.05, 0) is 0 Å². The summed E-state index contributed by atoms with van der Waals surface area (Å²) in [6, 6.07) is 0. The lowest BCUT2D eigenvalue weighted by atomic mass is 9.32. The summed E-state index contributed by atoms with van der Waals surface area (Å²) >= 11 is 0. The van der Waals surface area contributed by atoms with Gasteiger partial charge in [0, 0.05) is 0 Å². The molecule has 5 heteroatoms. The predicted octanol–water partition coefficient (Wildman–Crippen LogP) is -0.0884. The van der Waals surface area contributed by atoms with Crippen LogP contribution in [0, 0.1) is 0 Å². The lowest BCUT2D eigenvalue weighted by Gasteiger charge is -2.11. The fourth-order valence-corrected chi connectivity index (χ4v) is 0.770. The first-order valence-corrected chi connectivity index (χ1v) is 3.31. The first-order chi connectivity index (χ1) is 4.79. The maximum Gasteiger partial charge on any atom is 0.151 e. The molecule has 0 bridgehead atoms. The molecule has 0 unspecified atom stereocenters. The second-order valence-electron chi connectivity index (χ2n) is 2.11. The molecule has 0 aliphatic carbocycles. The molecule has 10 heavy (non-hydrogen) atoms. The SMILES string of the molecule is [B]C=C(C[B])B(C[B])C[B]. The largest absolute Gasteiger partial charge is 0.151 e. The number of allylic oxidation sites excluding steroid dienone is 1. The standard InChI is InChI=1S/C5H7B5/c6-1-5(2-7)10(3-8)4-9/h1H,2-4H2. The molecule has 0 fully saturated rings. The summed E-state index contributed by atoms with van der Waals surface area (Å²) in [5.74, 6) is 1.49. The van der Waals surface area contributed by atoms with Crippen LogP contribution in [-0.2, 0) is 0 Å². The maximum absolute atomic E-state index is 5.40. The van der Waals surface area contributed by atoms with Gasteiger partial charge in [-0.15, -0.1) is 23.9 Å². The minimum atomic E-state index is 0.148. The summed E-state index contributed by atoms with van der Waals surface area (Å²) in [7, 11) is 21.5. The molecule has 0 aliphatic rings. The third-order valence-corrected chi connectivity index (χ3v) is 1.54.